The van der Waals surface area contributed by atoms with Crippen LogP contribution in [0.3, 0.4) is 0 Å². The van der Waals surface area contributed by atoms with E-state index in [0.29, 0.717) is 44.7 Å². The van der Waals surface area contributed by atoms with E-state index in [4.69, 9.17) is 0 Å². The summed E-state index contributed by atoms with van der Waals surface area (Å²) < 4.78 is 26.4. The van der Waals surface area contributed by atoms with Gasteiger partial charge < -0.3 is 5.11 Å². The van der Waals surface area contributed by atoms with Gasteiger partial charge in [-0.2, -0.15) is 8.78 Å². The van der Waals surface area contributed by atoms with Crippen LogP contribution in [0.5, 0.6) is 0 Å². The first-order valence-corrected chi connectivity index (χ1v) is 7.24. The molecule has 1 aliphatic heterocycles. The van der Waals surface area contributed by atoms with Crippen LogP contribution in [0.4, 0.5) is 8.78 Å². The number of aromatic nitrogens is 2. The molecule has 0 radical (unpaired) electrons. The van der Waals surface area contributed by atoms with Crippen molar-refractivity contribution in [1.82, 2.24) is 14.5 Å². The van der Waals surface area contributed by atoms with E-state index >= 15 is 0 Å². The second-order valence-corrected chi connectivity index (χ2v) is 5.64. The minimum atomic E-state index is -2.59. The molecule has 0 aliphatic carbocycles. The van der Waals surface area contributed by atoms with Crippen molar-refractivity contribution in [2.75, 3.05) is 13.1 Å². The molecule has 2 heterocycles. The molecule has 1 N–H and O–H groups in total. The van der Waals surface area contributed by atoms with E-state index in [1.54, 1.807) is 0 Å². The second-order valence-electron chi connectivity index (χ2n) is 5.64. The fourth-order valence-corrected chi connectivity index (χ4v) is 3.03. The van der Waals surface area contributed by atoms with Gasteiger partial charge in [0.15, 0.2) is 0 Å². The summed E-state index contributed by atoms with van der Waals surface area (Å²) in [5.41, 5.74) is -0.649. The van der Waals surface area contributed by atoms with E-state index in [1.807, 2.05) is 11.8 Å². The molecule has 1 fully saturated rings. The maximum absolute atomic E-state index is 12.8. The number of likely N-dealkylation sites (tertiary alicyclic amines) is 1. The van der Waals surface area contributed by atoms with Gasteiger partial charge in [-0.05, 0) is 32.4 Å². The molecular weight excluding hydrogens is 280 g/mol. The van der Waals surface area contributed by atoms with E-state index in [-0.39, 0.29) is 0 Å². The van der Waals surface area contributed by atoms with Crippen LogP contribution in [0.25, 0.3) is 0 Å². The molecule has 1 saturated heterocycles. The molecule has 0 aromatic carbocycles. The number of carboxylic acids is 1. The predicted molar refractivity (Wildman–Crippen MR) is 73.0 cm³/mol. The van der Waals surface area contributed by atoms with Crippen molar-refractivity contribution in [3.63, 3.8) is 0 Å². The zero-order valence-electron chi connectivity index (χ0n) is 12.1. The number of aliphatic carboxylic acids is 1. The van der Waals surface area contributed by atoms with E-state index in [0.717, 1.165) is 11.0 Å². The smallest absolute Gasteiger partial charge is 0.319 e. The molecule has 0 unspecified atom stereocenters. The van der Waals surface area contributed by atoms with E-state index < -0.39 is 17.9 Å². The molecule has 0 amide bonds. The zero-order chi connectivity index (χ0) is 15.5. The minimum absolute atomic E-state index is 0.323. The van der Waals surface area contributed by atoms with E-state index in [2.05, 4.69) is 4.98 Å². The number of carbonyl (C=O) groups is 1. The van der Waals surface area contributed by atoms with Crippen molar-refractivity contribution >= 4 is 5.97 Å². The normalized spacial score (nSPS) is 19.0. The predicted octanol–water partition coefficient (Wildman–Crippen LogP) is 2.75. The molecule has 118 valence electrons. The Morgan fingerprint density at radius 3 is 2.67 bits per heavy atom. The van der Waals surface area contributed by atoms with Gasteiger partial charge in [0, 0.05) is 12.4 Å². The average molecular weight is 301 g/mol. The molecule has 7 heteroatoms. The number of alkyl halides is 2. The number of hydrogen-bond acceptors (Lipinski definition) is 3. The van der Waals surface area contributed by atoms with Crippen LogP contribution in [-0.2, 0) is 11.3 Å². The first kappa shape index (κ1) is 15.9. The monoisotopic (exact) mass is 301 g/mol. The van der Waals surface area contributed by atoms with Gasteiger partial charge in [0.05, 0.1) is 12.0 Å². The standard InChI is InChI=1S/C14H21F2N3O2/c1-2-3-14(12(20)21)4-7-18(8-5-14)10-11-17-6-9-19(11)13(15)16/h6,9,13H,2-5,7-8,10H2,1H3,(H,20,21). The summed E-state index contributed by atoms with van der Waals surface area (Å²) in [7, 11) is 0. The molecule has 1 aliphatic rings. The van der Waals surface area contributed by atoms with Gasteiger partial charge in [-0.1, -0.05) is 13.3 Å². The van der Waals surface area contributed by atoms with Gasteiger partial charge in [-0.3, -0.25) is 14.3 Å². The Bertz CT molecular complexity index is 482. The topological polar surface area (TPSA) is 58.4 Å². The molecule has 0 saturated carbocycles. The van der Waals surface area contributed by atoms with Crippen molar-refractivity contribution < 1.29 is 18.7 Å². The third-order valence-electron chi connectivity index (χ3n) is 4.32. The molecule has 5 nitrogen and oxygen atoms in total. The lowest BCUT2D eigenvalue weighted by molar-refractivity contribution is -0.152. The third kappa shape index (κ3) is 3.40. The number of carboxylic acid groups (broad SMARTS) is 1. The quantitative estimate of drug-likeness (QED) is 0.877. The lowest BCUT2D eigenvalue weighted by Gasteiger charge is -2.38. The zero-order valence-corrected chi connectivity index (χ0v) is 12.1. The first-order chi connectivity index (χ1) is 9.98. The van der Waals surface area contributed by atoms with Crippen molar-refractivity contribution in [3.8, 4) is 0 Å². The van der Waals surface area contributed by atoms with Gasteiger partial charge >= 0.3 is 12.5 Å². The van der Waals surface area contributed by atoms with Crippen LogP contribution in [0.1, 0.15) is 45.0 Å². The van der Waals surface area contributed by atoms with Crippen LogP contribution in [0.15, 0.2) is 12.4 Å². The van der Waals surface area contributed by atoms with Crippen molar-refractivity contribution in [2.24, 2.45) is 5.41 Å². The number of hydrogen-bond donors (Lipinski definition) is 1. The van der Waals surface area contributed by atoms with Gasteiger partial charge in [0.1, 0.15) is 5.82 Å². The Labute approximate surface area is 122 Å². The maximum Gasteiger partial charge on any atom is 0.319 e. The molecule has 21 heavy (non-hydrogen) atoms. The van der Waals surface area contributed by atoms with Crippen LogP contribution in [-0.4, -0.2) is 38.6 Å². The summed E-state index contributed by atoms with van der Waals surface area (Å²) >= 11 is 0. The van der Waals surface area contributed by atoms with Crippen LogP contribution >= 0.6 is 0 Å². The van der Waals surface area contributed by atoms with E-state index in [9.17, 15) is 18.7 Å². The summed E-state index contributed by atoms with van der Waals surface area (Å²) in [5, 5.41) is 9.45. The minimum Gasteiger partial charge on any atom is -0.481 e. The third-order valence-corrected chi connectivity index (χ3v) is 4.32. The molecule has 0 bridgehead atoms. The Kier molecular flexibility index (Phi) is 4.92. The highest BCUT2D eigenvalue weighted by molar-refractivity contribution is 5.74. The fraction of sp³-hybridized carbons (Fsp3) is 0.714. The summed E-state index contributed by atoms with van der Waals surface area (Å²) in [6.07, 6.45) is 5.26. The van der Waals surface area contributed by atoms with Crippen molar-refractivity contribution in [2.45, 2.75) is 45.7 Å². The Morgan fingerprint density at radius 2 is 2.14 bits per heavy atom. The summed E-state index contributed by atoms with van der Waals surface area (Å²) in [6, 6.07) is 0. The van der Waals surface area contributed by atoms with Gasteiger partial charge in [-0.15, -0.1) is 0 Å². The number of halogens is 2. The van der Waals surface area contributed by atoms with Gasteiger partial charge in [-0.25, -0.2) is 4.98 Å². The highest BCUT2D eigenvalue weighted by Gasteiger charge is 2.40. The molecule has 1 aromatic rings. The number of imidazole rings is 1. The number of rotatable bonds is 6. The molecule has 1 aromatic heterocycles. The molecule has 0 atom stereocenters. The molecule has 2 rings (SSSR count). The highest BCUT2D eigenvalue weighted by Crippen LogP contribution is 2.36. The lowest BCUT2D eigenvalue weighted by atomic mass is 9.75. The van der Waals surface area contributed by atoms with Crippen LogP contribution in [0, 0.1) is 5.41 Å². The van der Waals surface area contributed by atoms with Gasteiger partial charge in [0.2, 0.25) is 0 Å². The second kappa shape index (κ2) is 6.51. The maximum atomic E-state index is 12.8. The van der Waals surface area contributed by atoms with Crippen LogP contribution < -0.4 is 0 Å². The Hall–Kier alpha value is -1.50. The number of piperidine rings is 1. The SMILES string of the molecule is CCCC1(C(=O)O)CCN(Cc2nccn2C(F)F)CC1. The van der Waals surface area contributed by atoms with Crippen LogP contribution in [0.2, 0.25) is 0 Å². The van der Waals surface area contributed by atoms with Crippen molar-refractivity contribution in [3.05, 3.63) is 18.2 Å². The average Bonchev–Trinajstić information content (AvgIpc) is 2.89. The lowest BCUT2D eigenvalue weighted by Crippen LogP contribution is -2.44. The summed E-state index contributed by atoms with van der Waals surface area (Å²) in [6.45, 7) is 0.922. The number of nitrogens with zero attached hydrogens (tertiary/aromatic N) is 3. The highest BCUT2D eigenvalue weighted by atomic mass is 19.3. The van der Waals surface area contributed by atoms with Gasteiger partial charge in [0.25, 0.3) is 0 Å². The summed E-state index contributed by atoms with van der Waals surface area (Å²) in [5.74, 6) is -0.415. The molecule has 0 spiro atoms. The fourth-order valence-electron chi connectivity index (χ4n) is 3.03. The Balaban J connectivity index is 1.97. The summed E-state index contributed by atoms with van der Waals surface area (Å²) in [4.78, 5) is 17.5. The first-order valence-electron chi connectivity index (χ1n) is 7.24. The Morgan fingerprint density at radius 1 is 1.48 bits per heavy atom. The van der Waals surface area contributed by atoms with E-state index in [1.165, 1.54) is 12.4 Å². The largest absolute Gasteiger partial charge is 0.481 e. The van der Waals surface area contributed by atoms with Crippen molar-refractivity contribution in [1.29, 1.82) is 0 Å². The molecular formula is C14H21F2N3O2.